The second-order valence-corrected chi connectivity index (χ2v) is 37.2. The Hall–Kier alpha value is -1.04. The zero-order chi connectivity index (χ0) is 91.3. The topological polar surface area (TPSA) is 515 Å². The Morgan fingerprint density at radius 1 is 0.176 bits per heavy atom. The van der Waals surface area contributed by atoms with Crippen LogP contribution < -0.4 is 124 Å². The van der Waals surface area contributed by atoms with Crippen molar-refractivity contribution in [2.75, 3.05) is 157 Å². The van der Waals surface area contributed by atoms with Gasteiger partial charge in [-0.3, -0.25) is 0 Å². The van der Waals surface area contributed by atoms with Gasteiger partial charge in [0.25, 0.3) is 0 Å². The molecule has 0 fully saturated rings. The standard InChI is InChI=1S/C18H44N6.C15H37N5.C14H34N4.2C13H31N3.C10H25N3.C10H24N2/c1-15(19)11-23(12-16(2)20)9-7-5-6-8-10-24(13-17(3)21)14-18(4)22;1-13(16)10-19-8-6-4-5-7-9-20(11-14(2)17)12-15(3)18;1-13(15)7-11-17-9-5-3-4-6-10-18-12-8-14(2)16;1-12(14)9-7-5-3-4-6-8-10-16-11-13(2)15;1-4-5-6-7-8-9-16(10-12(2)14)11-13(3)15;1-10(12)6-9-13-8-5-3-2-4-7-11;1-10(12)8-6-4-2-3-5-7-9-11/h15-18H,5-14,19-22H2,1-4H3;13-15,19H,4-12,16-18H2,1-3H3;13-14,17-18H,3-12,15-16H2,1-2H3;12-13,16H,3-11,14-15H2,1-2H3;12-13H,4-11,14-15H2,1-3H3;10,13H,2-9,11-12H2,1H3;10H,2-9,11-12H2,1H3. The average Bonchev–Trinajstić information content (AvgIpc) is 0.970. The molecule has 0 radical (unpaired) electrons. The number of hydrogen-bond donors (Lipinski definition) is 22. The van der Waals surface area contributed by atoms with E-state index in [1.54, 1.807) is 0 Å². The average molecular weight is 1710 g/mol. The summed E-state index contributed by atoms with van der Waals surface area (Å²) < 4.78 is 0. The van der Waals surface area contributed by atoms with E-state index in [1.807, 2.05) is 20.8 Å². The normalized spacial score (nSPS) is 15.3. The largest absolute Gasteiger partial charge is 0.330 e. The predicted octanol–water partition coefficient (Wildman–Crippen LogP) is 9.03. The van der Waals surface area contributed by atoms with E-state index in [4.69, 9.17) is 97.5 Å². The smallest absolute Gasteiger partial charge is 0.0139 e. The highest BCUT2D eigenvalue weighted by atomic mass is 15.2. The van der Waals surface area contributed by atoms with E-state index in [0.29, 0.717) is 30.2 Å². The molecule has 15 unspecified atom stereocenters. The van der Waals surface area contributed by atoms with Crippen molar-refractivity contribution in [3.8, 4) is 0 Å². The molecular weight excluding hydrogens is 1480 g/mol. The minimum absolute atomic E-state index is 0.203. The lowest BCUT2D eigenvalue weighted by Crippen LogP contribution is -2.42. The zero-order valence-corrected chi connectivity index (χ0v) is 82.6. The monoisotopic (exact) mass is 1710 g/mol. The van der Waals surface area contributed by atoms with Crippen LogP contribution in [0.1, 0.15) is 355 Å². The fourth-order valence-electron chi connectivity index (χ4n) is 13.6. The maximum atomic E-state index is 5.93. The fraction of sp³-hybridized carbons (Fsp3) is 1.00. The minimum atomic E-state index is 0.203. The summed E-state index contributed by atoms with van der Waals surface area (Å²) in [6.45, 7) is 57.3. The van der Waals surface area contributed by atoms with Crippen molar-refractivity contribution in [3.05, 3.63) is 0 Å². The van der Waals surface area contributed by atoms with Gasteiger partial charge in [0.1, 0.15) is 0 Å². The summed E-state index contributed by atoms with van der Waals surface area (Å²) in [4.78, 5) is 9.59. The number of rotatable bonds is 79. The molecule has 0 saturated carbocycles. The van der Waals surface area contributed by atoms with Crippen molar-refractivity contribution >= 4 is 0 Å². The Kier molecular flexibility index (Phi) is 115. The molecule has 15 atom stereocenters. The van der Waals surface area contributed by atoms with Gasteiger partial charge in [-0.05, 0) is 298 Å². The molecule has 0 aliphatic carbocycles. The van der Waals surface area contributed by atoms with E-state index >= 15 is 0 Å². The Bertz CT molecular complexity index is 1680. The first-order chi connectivity index (χ1) is 56.5. The molecule has 0 bridgehead atoms. The van der Waals surface area contributed by atoms with Crippen molar-refractivity contribution in [1.82, 2.24) is 46.2 Å². The molecule has 0 rings (SSSR count). The van der Waals surface area contributed by atoms with E-state index in [0.717, 1.165) is 176 Å². The summed E-state index contributed by atoms with van der Waals surface area (Å²) in [7, 11) is 0. The first-order valence-electron chi connectivity index (χ1n) is 49.6. The Morgan fingerprint density at radius 2 is 0.353 bits per heavy atom. The number of hydrogen-bond acceptors (Lipinski definition) is 26. The van der Waals surface area contributed by atoms with Crippen LogP contribution in [0.25, 0.3) is 0 Å². The molecular formula is C93H226N26. The highest BCUT2D eigenvalue weighted by Crippen LogP contribution is 2.12. The summed E-state index contributed by atoms with van der Waals surface area (Å²) >= 11 is 0. The molecule has 0 heterocycles. The van der Waals surface area contributed by atoms with E-state index in [-0.39, 0.29) is 60.4 Å². The van der Waals surface area contributed by atoms with E-state index in [1.165, 1.54) is 225 Å². The molecule has 39 N–H and O–H groups in total. The maximum Gasteiger partial charge on any atom is 0.0139 e. The maximum absolute atomic E-state index is 5.93. The van der Waals surface area contributed by atoms with Gasteiger partial charge in [-0.25, -0.2) is 0 Å². The fourth-order valence-corrected chi connectivity index (χ4v) is 13.6. The number of nitrogens with two attached hydrogens (primary N) is 17. The Balaban J connectivity index is -0.000000249. The van der Waals surface area contributed by atoms with Gasteiger partial charge in [0, 0.05) is 156 Å². The molecule has 0 aliphatic heterocycles. The molecule has 0 aliphatic rings. The lowest BCUT2D eigenvalue weighted by molar-refractivity contribution is 0.234. The van der Waals surface area contributed by atoms with Crippen molar-refractivity contribution in [3.63, 3.8) is 0 Å². The van der Waals surface area contributed by atoms with Crippen LogP contribution in [-0.2, 0) is 0 Å². The highest BCUT2D eigenvalue weighted by Gasteiger charge is 2.14. The summed E-state index contributed by atoms with van der Waals surface area (Å²) in [6, 6.07) is 3.99. The third-order valence-electron chi connectivity index (χ3n) is 19.6. The second-order valence-electron chi connectivity index (χ2n) is 37.2. The summed E-state index contributed by atoms with van der Waals surface area (Å²) in [5, 5.41) is 17.0. The Labute approximate surface area is 742 Å². The molecule has 0 spiro atoms. The van der Waals surface area contributed by atoms with Crippen LogP contribution in [0.3, 0.4) is 0 Å². The third kappa shape index (κ3) is 140. The van der Waals surface area contributed by atoms with Gasteiger partial charge in [0.2, 0.25) is 0 Å². The van der Waals surface area contributed by atoms with Crippen LogP contribution in [0, 0.1) is 0 Å². The molecule has 26 heteroatoms. The molecule has 0 saturated heterocycles. The molecule has 728 valence electrons. The quantitative estimate of drug-likeness (QED) is 0.0252. The van der Waals surface area contributed by atoms with Gasteiger partial charge >= 0.3 is 0 Å². The zero-order valence-electron chi connectivity index (χ0n) is 82.6. The SMILES string of the molecule is CC(N)CCCCCCCCN.CC(N)CCCCCCCCNCC(C)N.CC(N)CCNCCCCCCN.CC(N)CCNCCCCCCNCCC(C)N.CC(N)CN(CCCCCCN(CC(C)N)CC(C)N)CC(C)N.CC(N)CNCCCCCCN(CC(C)N)CC(C)N.CCCCCCCN(CC(C)N)CC(C)N. The molecule has 0 amide bonds. The van der Waals surface area contributed by atoms with Crippen molar-refractivity contribution < 1.29 is 0 Å². The number of nitrogens with one attached hydrogen (secondary N) is 5. The van der Waals surface area contributed by atoms with Crippen LogP contribution in [0.15, 0.2) is 0 Å². The first-order valence-corrected chi connectivity index (χ1v) is 49.6. The number of nitrogens with zero attached hydrogens (tertiary/aromatic N) is 4. The lowest BCUT2D eigenvalue weighted by Gasteiger charge is -2.26. The number of unbranched alkanes of at least 4 members (excludes halogenated alkanes) is 26. The highest BCUT2D eigenvalue weighted by molar-refractivity contribution is 4.74. The van der Waals surface area contributed by atoms with Gasteiger partial charge in [-0.1, -0.05) is 148 Å². The van der Waals surface area contributed by atoms with Gasteiger partial charge in [0.05, 0.1) is 0 Å². The third-order valence-corrected chi connectivity index (χ3v) is 19.6. The molecule has 119 heavy (non-hydrogen) atoms. The van der Waals surface area contributed by atoms with Crippen molar-refractivity contribution in [2.45, 2.75) is 445 Å². The lowest BCUT2D eigenvalue weighted by atomic mass is 10.1. The van der Waals surface area contributed by atoms with E-state index in [2.05, 4.69) is 136 Å². The van der Waals surface area contributed by atoms with Crippen molar-refractivity contribution in [2.24, 2.45) is 97.5 Å². The summed E-state index contributed by atoms with van der Waals surface area (Å²) in [6.07, 6.45) is 48.1. The van der Waals surface area contributed by atoms with Crippen LogP contribution in [0.2, 0.25) is 0 Å². The molecule has 0 aromatic heterocycles. The van der Waals surface area contributed by atoms with Gasteiger partial charge in [-0.15, -0.1) is 0 Å². The van der Waals surface area contributed by atoms with E-state index in [9.17, 15) is 0 Å². The van der Waals surface area contributed by atoms with Gasteiger partial charge in [0.15, 0.2) is 0 Å². The van der Waals surface area contributed by atoms with Gasteiger partial charge in [-0.2, -0.15) is 0 Å². The van der Waals surface area contributed by atoms with Crippen LogP contribution in [0.5, 0.6) is 0 Å². The molecule has 0 aromatic rings. The second kappa shape index (κ2) is 104. The van der Waals surface area contributed by atoms with Crippen LogP contribution >= 0.6 is 0 Å². The molecule has 26 nitrogen and oxygen atoms in total. The van der Waals surface area contributed by atoms with Crippen LogP contribution in [-0.4, -0.2) is 267 Å². The molecule has 0 aromatic carbocycles. The van der Waals surface area contributed by atoms with Crippen LogP contribution in [0.4, 0.5) is 0 Å². The minimum Gasteiger partial charge on any atom is -0.330 e. The first kappa shape index (κ1) is 131. The Morgan fingerprint density at radius 3 is 0.538 bits per heavy atom. The van der Waals surface area contributed by atoms with Crippen molar-refractivity contribution in [1.29, 1.82) is 0 Å². The van der Waals surface area contributed by atoms with Gasteiger partial charge < -0.3 is 144 Å². The predicted molar refractivity (Wildman–Crippen MR) is 534 cm³/mol. The summed E-state index contributed by atoms with van der Waals surface area (Å²) in [5.41, 5.74) is 97.5. The van der Waals surface area contributed by atoms with E-state index < -0.39 is 0 Å². The summed E-state index contributed by atoms with van der Waals surface area (Å²) in [5.74, 6) is 0.